The quantitative estimate of drug-likeness (QED) is 0.698. The Morgan fingerprint density at radius 1 is 1.14 bits per heavy atom. The number of rotatable bonds is 8. The number of likely N-dealkylation sites (N-methyl/N-ethyl adjacent to an activating group) is 1. The summed E-state index contributed by atoms with van der Waals surface area (Å²) in [5.74, 6) is 0. The third kappa shape index (κ3) is 6.20. The van der Waals surface area contributed by atoms with Gasteiger partial charge in [0.1, 0.15) is 0 Å². The zero-order valence-electron chi connectivity index (χ0n) is 14.2. The van der Waals surface area contributed by atoms with E-state index >= 15 is 0 Å². The SMILES string of the molecule is CC(NCCN1CCN(CCN(C)C)CC1)C1CCCO1. The Bertz CT molecular complexity index is 273. The van der Waals surface area contributed by atoms with Gasteiger partial charge in [0.2, 0.25) is 0 Å². The molecular weight excluding hydrogens is 264 g/mol. The molecule has 2 rings (SSSR count). The van der Waals surface area contributed by atoms with Gasteiger partial charge in [-0.3, -0.25) is 9.80 Å². The highest BCUT2D eigenvalue weighted by Gasteiger charge is 2.22. The minimum absolute atomic E-state index is 0.438. The van der Waals surface area contributed by atoms with Gasteiger partial charge in [0.25, 0.3) is 0 Å². The predicted octanol–water partition coefficient (Wildman–Crippen LogP) is 0.323. The summed E-state index contributed by atoms with van der Waals surface area (Å²) in [5, 5.41) is 3.64. The van der Waals surface area contributed by atoms with Crippen molar-refractivity contribution in [2.24, 2.45) is 0 Å². The van der Waals surface area contributed by atoms with E-state index in [2.05, 4.69) is 41.0 Å². The van der Waals surface area contributed by atoms with E-state index in [1.807, 2.05) is 0 Å². The van der Waals surface area contributed by atoms with Crippen molar-refractivity contribution in [3.8, 4) is 0 Å². The highest BCUT2D eigenvalue weighted by atomic mass is 16.5. The average molecular weight is 298 g/mol. The molecule has 2 fully saturated rings. The summed E-state index contributed by atoms with van der Waals surface area (Å²) >= 11 is 0. The highest BCUT2D eigenvalue weighted by Crippen LogP contribution is 2.15. The lowest BCUT2D eigenvalue weighted by atomic mass is 10.1. The number of hydrogen-bond donors (Lipinski definition) is 1. The minimum Gasteiger partial charge on any atom is -0.377 e. The smallest absolute Gasteiger partial charge is 0.0726 e. The molecule has 2 unspecified atom stereocenters. The van der Waals surface area contributed by atoms with Gasteiger partial charge < -0.3 is 15.0 Å². The van der Waals surface area contributed by atoms with E-state index in [1.165, 1.54) is 58.7 Å². The molecule has 0 radical (unpaired) electrons. The Morgan fingerprint density at radius 2 is 1.81 bits per heavy atom. The van der Waals surface area contributed by atoms with Gasteiger partial charge in [0.15, 0.2) is 0 Å². The summed E-state index contributed by atoms with van der Waals surface area (Å²) in [4.78, 5) is 7.43. The summed E-state index contributed by atoms with van der Waals surface area (Å²) in [6.07, 6.45) is 2.89. The third-order valence-corrected chi connectivity index (χ3v) is 4.75. The zero-order chi connectivity index (χ0) is 15.1. The topological polar surface area (TPSA) is 31.0 Å². The summed E-state index contributed by atoms with van der Waals surface area (Å²) in [7, 11) is 4.30. The van der Waals surface area contributed by atoms with E-state index in [0.29, 0.717) is 12.1 Å². The first-order chi connectivity index (χ1) is 10.1. The van der Waals surface area contributed by atoms with E-state index < -0.39 is 0 Å². The molecule has 2 heterocycles. The molecule has 0 spiro atoms. The lowest BCUT2D eigenvalue weighted by molar-refractivity contribution is 0.0804. The van der Waals surface area contributed by atoms with Gasteiger partial charge in [-0.1, -0.05) is 0 Å². The second-order valence-electron chi connectivity index (χ2n) is 6.78. The largest absolute Gasteiger partial charge is 0.377 e. The lowest BCUT2D eigenvalue weighted by Gasteiger charge is -2.35. The first-order valence-electron chi connectivity index (χ1n) is 8.59. The maximum atomic E-state index is 5.73. The van der Waals surface area contributed by atoms with Crippen LogP contribution in [0.5, 0.6) is 0 Å². The molecule has 0 aliphatic carbocycles. The van der Waals surface area contributed by atoms with Gasteiger partial charge in [-0.25, -0.2) is 0 Å². The molecule has 5 heteroatoms. The number of hydrogen-bond acceptors (Lipinski definition) is 5. The van der Waals surface area contributed by atoms with Gasteiger partial charge in [0, 0.05) is 65.0 Å². The Kier molecular flexibility index (Phi) is 7.40. The van der Waals surface area contributed by atoms with Crippen molar-refractivity contribution in [3.63, 3.8) is 0 Å². The molecule has 0 bridgehead atoms. The van der Waals surface area contributed by atoms with Crippen molar-refractivity contribution in [1.82, 2.24) is 20.0 Å². The summed E-state index contributed by atoms with van der Waals surface area (Å²) in [6, 6.07) is 0.494. The van der Waals surface area contributed by atoms with E-state index in [1.54, 1.807) is 0 Å². The van der Waals surface area contributed by atoms with Crippen molar-refractivity contribution in [1.29, 1.82) is 0 Å². The van der Waals surface area contributed by atoms with Crippen LogP contribution in [0, 0.1) is 0 Å². The monoisotopic (exact) mass is 298 g/mol. The fourth-order valence-corrected chi connectivity index (χ4v) is 3.16. The normalized spacial score (nSPS) is 26.6. The fourth-order valence-electron chi connectivity index (χ4n) is 3.16. The molecule has 0 aromatic heterocycles. The van der Waals surface area contributed by atoms with Crippen LogP contribution in [0.25, 0.3) is 0 Å². The Labute approximate surface area is 130 Å². The van der Waals surface area contributed by atoms with Gasteiger partial charge in [0.05, 0.1) is 6.10 Å². The van der Waals surface area contributed by atoms with Gasteiger partial charge in [-0.15, -0.1) is 0 Å². The van der Waals surface area contributed by atoms with Crippen molar-refractivity contribution < 1.29 is 4.74 Å². The molecule has 0 amide bonds. The number of piperazine rings is 1. The standard InChI is InChI=1S/C16H34N4O/c1-15(16-5-4-14-21-16)17-6-7-19-10-12-20(13-11-19)9-8-18(2)3/h15-17H,4-14H2,1-3H3. The van der Waals surface area contributed by atoms with E-state index in [9.17, 15) is 0 Å². The molecule has 0 saturated carbocycles. The first kappa shape index (κ1) is 17.2. The number of ether oxygens (including phenoxy) is 1. The number of nitrogens with zero attached hydrogens (tertiary/aromatic N) is 3. The van der Waals surface area contributed by atoms with E-state index in [4.69, 9.17) is 4.74 Å². The van der Waals surface area contributed by atoms with Crippen molar-refractivity contribution in [2.75, 3.05) is 73.1 Å². The van der Waals surface area contributed by atoms with E-state index in [-0.39, 0.29) is 0 Å². The molecule has 21 heavy (non-hydrogen) atoms. The second-order valence-corrected chi connectivity index (χ2v) is 6.78. The fraction of sp³-hybridized carbons (Fsp3) is 1.00. The maximum Gasteiger partial charge on any atom is 0.0726 e. The molecule has 2 saturated heterocycles. The molecule has 124 valence electrons. The van der Waals surface area contributed by atoms with Crippen LogP contribution in [-0.2, 0) is 4.74 Å². The molecular formula is C16H34N4O. The Morgan fingerprint density at radius 3 is 2.38 bits per heavy atom. The third-order valence-electron chi connectivity index (χ3n) is 4.75. The number of nitrogens with one attached hydrogen (secondary N) is 1. The second kappa shape index (κ2) is 9.06. The Hall–Kier alpha value is -0.200. The minimum atomic E-state index is 0.438. The zero-order valence-corrected chi connectivity index (χ0v) is 14.2. The van der Waals surface area contributed by atoms with Gasteiger partial charge >= 0.3 is 0 Å². The maximum absolute atomic E-state index is 5.73. The first-order valence-corrected chi connectivity index (χ1v) is 8.59. The summed E-state index contributed by atoms with van der Waals surface area (Å²) in [5.41, 5.74) is 0. The van der Waals surface area contributed by atoms with Crippen LogP contribution >= 0.6 is 0 Å². The molecule has 1 N–H and O–H groups in total. The van der Waals surface area contributed by atoms with Crippen molar-refractivity contribution in [2.45, 2.75) is 31.9 Å². The summed E-state index contributed by atoms with van der Waals surface area (Å²) < 4.78 is 5.73. The molecule has 2 atom stereocenters. The van der Waals surface area contributed by atoms with Crippen molar-refractivity contribution in [3.05, 3.63) is 0 Å². The van der Waals surface area contributed by atoms with E-state index in [0.717, 1.165) is 13.2 Å². The molecule has 2 aliphatic heterocycles. The van der Waals surface area contributed by atoms with Crippen LogP contribution in [0.1, 0.15) is 19.8 Å². The Balaban J connectivity index is 1.52. The molecule has 2 aliphatic rings. The highest BCUT2D eigenvalue weighted by molar-refractivity contribution is 4.78. The average Bonchev–Trinajstić information content (AvgIpc) is 3.00. The van der Waals surface area contributed by atoms with Crippen LogP contribution in [-0.4, -0.2) is 99.9 Å². The van der Waals surface area contributed by atoms with Crippen LogP contribution in [0.2, 0.25) is 0 Å². The van der Waals surface area contributed by atoms with Crippen LogP contribution in [0.4, 0.5) is 0 Å². The molecule has 5 nitrogen and oxygen atoms in total. The van der Waals surface area contributed by atoms with Crippen molar-refractivity contribution >= 4 is 0 Å². The molecule has 0 aromatic rings. The van der Waals surface area contributed by atoms with Crippen LogP contribution < -0.4 is 5.32 Å². The molecule has 0 aromatic carbocycles. The summed E-state index contributed by atoms with van der Waals surface area (Å²) in [6.45, 7) is 12.7. The lowest BCUT2D eigenvalue weighted by Crippen LogP contribution is -2.50. The van der Waals surface area contributed by atoms with Gasteiger partial charge in [-0.05, 0) is 33.9 Å². The van der Waals surface area contributed by atoms with Crippen LogP contribution in [0.3, 0.4) is 0 Å². The predicted molar refractivity (Wildman–Crippen MR) is 87.9 cm³/mol. The van der Waals surface area contributed by atoms with Crippen LogP contribution in [0.15, 0.2) is 0 Å². The van der Waals surface area contributed by atoms with Gasteiger partial charge in [-0.2, -0.15) is 0 Å².